The molecular formula is C25H25F3N6. The number of rotatable bonds is 6. The van der Waals surface area contributed by atoms with E-state index in [2.05, 4.69) is 15.1 Å². The van der Waals surface area contributed by atoms with Crippen LogP contribution in [0.1, 0.15) is 46.7 Å². The second-order valence-corrected chi connectivity index (χ2v) is 9.00. The standard InChI is InChI=1S/C25H25F3N6/c1-15-10-16(2)34(31-15)23-12-21(29-14-30-23)11-22-17(3)24(32-33(22)13-18-4-5-18)19-6-8-20(9-7-19)25(26,27)28/h6-10,12,14,18H,4-5,11,13H2,1-3H3. The molecule has 0 spiro atoms. The summed E-state index contributed by atoms with van der Waals surface area (Å²) < 4.78 is 42.8. The Morgan fingerprint density at radius 2 is 1.71 bits per heavy atom. The molecule has 9 heteroatoms. The van der Waals surface area contributed by atoms with Gasteiger partial charge >= 0.3 is 6.18 Å². The molecule has 5 rings (SSSR count). The Kier molecular flexibility index (Phi) is 5.50. The zero-order valence-electron chi connectivity index (χ0n) is 19.3. The van der Waals surface area contributed by atoms with Crippen LogP contribution in [0.4, 0.5) is 13.2 Å². The van der Waals surface area contributed by atoms with Crippen LogP contribution in [-0.2, 0) is 19.1 Å². The fourth-order valence-electron chi connectivity index (χ4n) is 4.23. The average Bonchev–Trinajstić information content (AvgIpc) is 3.48. The van der Waals surface area contributed by atoms with E-state index in [1.54, 1.807) is 4.68 Å². The van der Waals surface area contributed by atoms with Gasteiger partial charge in [0.05, 0.1) is 22.6 Å². The van der Waals surface area contributed by atoms with E-state index in [1.807, 2.05) is 37.6 Å². The van der Waals surface area contributed by atoms with Gasteiger partial charge in [0.1, 0.15) is 6.33 Å². The number of hydrogen-bond acceptors (Lipinski definition) is 4. The van der Waals surface area contributed by atoms with Crippen molar-refractivity contribution in [3.05, 3.63) is 76.6 Å². The van der Waals surface area contributed by atoms with Crippen molar-refractivity contribution in [3.63, 3.8) is 0 Å². The van der Waals surface area contributed by atoms with Gasteiger partial charge in [-0.25, -0.2) is 14.6 Å². The molecule has 0 radical (unpaired) electrons. The molecule has 176 valence electrons. The lowest BCUT2D eigenvalue weighted by Gasteiger charge is -2.09. The second-order valence-electron chi connectivity index (χ2n) is 9.00. The van der Waals surface area contributed by atoms with E-state index in [-0.39, 0.29) is 0 Å². The van der Waals surface area contributed by atoms with E-state index in [1.165, 1.54) is 31.3 Å². The molecule has 1 saturated carbocycles. The Morgan fingerprint density at radius 3 is 2.32 bits per heavy atom. The van der Waals surface area contributed by atoms with Crippen molar-refractivity contribution in [3.8, 4) is 17.1 Å². The molecule has 0 aliphatic heterocycles. The van der Waals surface area contributed by atoms with Gasteiger partial charge in [-0.05, 0) is 63.3 Å². The van der Waals surface area contributed by atoms with Crippen molar-refractivity contribution in [1.29, 1.82) is 0 Å². The topological polar surface area (TPSA) is 61.4 Å². The number of hydrogen-bond donors (Lipinski definition) is 0. The zero-order valence-corrected chi connectivity index (χ0v) is 19.3. The van der Waals surface area contributed by atoms with Gasteiger partial charge in [0.15, 0.2) is 5.82 Å². The molecule has 3 aromatic heterocycles. The van der Waals surface area contributed by atoms with E-state index in [4.69, 9.17) is 5.10 Å². The highest BCUT2D eigenvalue weighted by Gasteiger charge is 2.30. The smallest absolute Gasteiger partial charge is 0.268 e. The van der Waals surface area contributed by atoms with Crippen LogP contribution in [-0.4, -0.2) is 29.5 Å². The largest absolute Gasteiger partial charge is 0.416 e. The maximum atomic E-state index is 13.0. The van der Waals surface area contributed by atoms with Crippen LogP contribution < -0.4 is 0 Å². The van der Waals surface area contributed by atoms with Crippen LogP contribution >= 0.6 is 0 Å². The molecule has 1 aliphatic rings. The minimum Gasteiger partial charge on any atom is -0.268 e. The summed E-state index contributed by atoms with van der Waals surface area (Å²) in [5, 5.41) is 9.33. The number of nitrogens with zero attached hydrogens (tertiary/aromatic N) is 6. The summed E-state index contributed by atoms with van der Waals surface area (Å²) in [4.78, 5) is 8.86. The Balaban J connectivity index is 1.50. The van der Waals surface area contributed by atoms with Crippen molar-refractivity contribution in [2.45, 2.75) is 52.8 Å². The molecule has 3 heterocycles. The first-order valence-electron chi connectivity index (χ1n) is 11.3. The highest BCUT2D eigenvalue weighted by atomic mass is 19.4. The average molecular weight is 467 g/mol. The summed E-state index contributed by atoms with van der Waals surface area (Å²) in [6.45, 7) is 6.69. The van der Waals surface area contributed by atoms with Gasteiger partial charge in [-0.15, -0.1) is 0 Å². The normalized spacial score (nSPS) is 14.1. The summed E-state index contributed by atoms with van der Waals surface area (Å²) in [6.07, 6.45) is 0.0587. The van der Waals surface area contributed by atoms with Crippen LogP contribution in [0, 0.1) is 26.7 Å². The molecule has 1 aromatic carbocycles. The van der Waals surface area contributed by atoms with E-state index >= 15 is 0 Å². The maximum Gasteiger partial charge on any atom is 0.416 e. The fourth-order valence-corrected chi connectivity index (χ4v) is 4.23. The van der Waals surface area contributed by atoms with Crippen molar-refractivity contribution >= 4 is 0 Å². The first-order chi connectivity index (χ1) is 16.2. The van der Waals surface area contributed by atoms with E-state index in [0.29, 0.717) is 29.4 Å². The molecule has 0 amide bonds. The molecule has 0 bridgehead atoms. The van der Waals surface area contributed by atoms with Gasteiger partial charge < -0.3 is 0 Å². The van der Waals surface area contributed by atoms with Gasteiger partial charge in [0.25, 0.3) is 0 Å². The predicted molar refractivity (Wildman–Crippen MR) is 122 cm³/mol. The highest BCUT2D eigenvalue weighted by molar-refractivity contribution is 5.64. The Morgan fingerprint density at radius 1 is 0.971 bits per heavy atom. The third kappa shape index (κ3) is 4.47. The van der Waals surface area contributed by atoms with Crippen molar-refractivity contribution in [2.75, 3.05) is 0 Å². The molecule has 1 aliphatic carbocycles. The van der Waals surface area contributed by atoms with Gasteiger partial charge in [-0.1, -0.05) is 12.1 Å². The van der Waals surface area contributed by atoms with Crippen molar-refractivity contribution < 1.29 is 13.2 Å². The number of halogens is 3. The molecule has 34 heavy (non-hydrogen) atoms. The van der Waals surface area contributed by atoms with Gasteiger partial charge in [0.2, 0.25) is 0 Å². The Labute approximate surface area is 195 Å². The minimum absolute atomic E-state index is 0.543. The lowest BCUT2D eigenvalue weighted by atomic mass is 10.0. The van der Waals surface area contributed by atoms with Crippen molar-refractivity contribution in [2.24, 2.45) is 5.92 Å². The minimum atomic E-state index is -4.36. The van der Waals surface area contributed by atoms with E-state index in [0.717, 1.165) is 47.0 Å². The highest BCUT2D eigenvalue weighted by Crippen LogP contribution is 2.35. The molecule has 1 fully saturated rings. The summed E-state index contributed by atoms with van der Waals surface area (Å²) in [7, 11) is 0. The molecule has 0 unspecified atom stereocenters. The molecule has 0 saturated heterocycles. The molecule has 4 aromatic rings. The first-order valence-corrected chi connectivity index (χ1v) is 11.3. The quantitative estimate of drug-likeness (QED) is 0.378. The number of aryl methyl sites for hydroxylation is 2. The zero-order chi connectivity index (χ0) is 24.0. The maximum absolute atomic E-state index is 13.0. The second kappa shape index (κ2) is 8.38. The van der Waals surface area contributed by atoms with Gasteiger partial charge in [0, 0.05) is 36.0 Å². The van der Waals surface area contributed by atoms with Gasteiger partial charge in [-0.2, -0.15) is 23.4 Å². The lowest BCUT2D eigenvalue weighted by Crippen LogP contribution is -2.10. The first kappa shape index (κ1) is 22.3. The Hall–Kier alpha value is -3.49. The summed E-state index contributed by atoms with van der Waals surface area (Å²) in [6, 6.07) is 9.13. The van der Waals surface area contributed by atoms with Crippen LogP contribution in [0.25, 0.3) is 17.1 Å². The van der Waals surface area contributed by atoms with Crippen LogP contribution in [0.5, 0.6) is 0 Å². The van der Waals surface area contributed by atoms with Crippen LogP contribution in [0.3, 0.4) is 0 Å². The molecule has 6 nitrogen and oxygen atoms in total. The summed E-state index contributed by atoms with van der Waals surface area (Å²) >= 11 is 0. The van der Waals surface area contributed by atoms with Crippen LogP contribution in [0.15, 0.2) is 42.7 Å². The molecule has 0 N–H and O–H groups in total. The fraction of sp³-hybridized carbons (Fsp3) is 0.360. The predicted octanol–water partition coefficient (Wildman–Crippen LogP) is 5.47. The third-order valence-electron chi connectivity index (χ3n) is 6.22. The number of aromatic nitrogens is 6. The number of benzene rings is 1. The number of alkyl halides is 3. The monoisotopic (exact) mass is 466 g/mol. The van der Waals surface area contributed by atoms with Crippen LogP contribution in [0.2, 0.25) is 0 Å². The summed E-state index contributed by atoms with van der Waals surface area (Å²) in [5.41, 5.74) is 5.41. The SMILES string of the molecule is Cc1cc(C)n(-c2cc(Cc3c(C)c(-c4ccc(C(F)(F)F)cc4)nn3CC3CC3)ncn2)n1. The lowest BCUT2D eigenvalue weighted by molar-refractivity contribution is -0.137. The van der Waals surface area contributed by atoms with E-state index < -0.39 is 11.7 Å². The van der Waals surface area contributed by atoms with Crippen molar-refractivity contribution in [1.82, 2.24) is 29.5 Å². The molecule has 0 atom stereocenters. The Bertz CT molecular complexity index is 1330. The van der Waals surface area contributed by atoms with E-state index in [9.17, 15) is 13.2 Å². The molecular weight excluding hydrogens is 441 g/mol. The van der Waals surface area contributed by atoms with Gasteiger partial charge in [-0.3, -0.25) is 4.68 Å². The summed E-state index contributed by atoms with van der Waals surface area (Å²) in [5.74, 6) is 1.29. The third-order valence-corrected chi connectivity index (χ3v) is 6.22.